The van der Waals surface area contributed by atoms with Crippen LogP contribution >= 0.6 is 0 Å². The molecule has 1 aliphatic heterocycles. The molecule has 0 amide bonds. The number of rotatable bonds is 14. The van der Waals surface area contributed by atoms with Gasteiger partial charge in [0.2, 0.25) is 5.79 Å². The van der Waals surface area contributed by atoms with Gasteiger partial charge in [0.25, 0.3) is 0 Å². The van der Waals surface area contributed by atoms with E-state index >= 15 is 0 Å². The summed E-state index contributed by atoms with van der Waals surface area (Å²) < 4.78 is 41.5. The number of hydrogen-bond donors (Lipinski definition) is 0. The Morgan fingerprint density at radius 3 is 0.911 bits per heavy atom. The Morgan fingerprint density at radius 2 is 0.711 bits per heavy atom. The summed E-state index contributed by atoms with van der Waals surface area (Å²) in [6, 6.07) is 0. The van der Waals surface area contributed by atoms with Crippen LogP contribution in [-0.4, -0.2) is 89.3 Å². The normalized spacial score (nSPS) is 20.4. The zero-order chi connectivity index (χ0) is 35.9. The third kappa shape index (κ3) is 9.78. The predicted octanol–water partition coefficient (Wildman–Crippen LogP) is 8.69. The molecule has 1 saturated heterocycles. The van der Waals surface area contributed by atoms with Crippen LogP contribution in [0.1, 0.15) is 83.1 Å². The molecule has 266 valence electrons. The molecular formula is C33H70O8Si4. The molecule has 0 aromatic carbocycles. The highest BCUT2D eigenvalue weighted by Gasteiger charge is 2.63. The van der Waals surface area contributed by atoms with Crippen molar-refractivity contribution >= 4 is 45.8 Å². The summed E-state index contributed by atoms with van der Waals surface area (Å²) >= 11 is 0. The first-order valence-electron chi connectivity index (χ1n) is 16.6. The lowest BCUT2D eigenvalue weighted by molar-refractivity contribution is -0.283. The van der Waals surface area contributed by atoms with Crippen molar-refractivity contribution in [2.24, 2.45) is 0 Å². The van der Waals surface area contributed by atoms with Crippen molar-refractivity contribution in [3.05, 3.63) is 0 Å². The lowest BCUT2D eigenvalue weighted by atomic mass is 9.95. The van der Waals surface area contributed by atoms with E-state index in [0.29, 0.717) is 0 Å². The van der Waals surface area contributed by atoms with Gasteiger partial charge in [-0.2, -0.15) is 0 Å². The summed E-state index contributed by atoms with van der Waals surface area (Å²) in [4.78, 5) is 26.5. The molecular weight excluding hydrogens is 637 g/mol. The van der Waals surface area contributed by atoms with Crippen LogP contribution in [0, 0.1) is 0 Å². The molecule has 1 rings (SSSR count). The zero-order valence-corrected chi connectivity index (χ0v) is 36.6. The Kier molecular flexibility index (Phi) is 13.4. The largest absolute Gasteiger partial charge is 0.405 e. The van der Waals surface area contributed by atoms with Crippen LogP contribution in [0.4, 0.5) is 0 Å². The van der Waals surface area contributed by atoms with Crippen molar-refractivity contribution < 1.29 is 36.8 Å². The third-order valence-corrected chi connectivity index (χ3v) is 29.2. The predicted molar refractivity (Wildman–Crippen MR) is 195 cm³/mol. The smallest absolute Gasteiger partial charge is 0.225 e. The molecule has 0 spiro atoms. The topological polar surface area (TPSA) is 89.5 Å². The van der Waals surface area contributed by atoms with Gasteiger partial charge in [-0.3, -0.25) is 0 Å². The van der Waals surface area contributed by atoms with E-state index in [-0.39, 0.29) is 33.4 Å². The molecule has 1 aliphatic rings. The Balaban J connectivity index is 4.18. The second-order valence-electron chi connectivity index (χ2n) is 19.0. The minimum absolute atomic E-state index is 0.172. The number of aldehydes is 2. The quantitative estimate of drug-likeness (QED) is 0.131. The van der Waals surface area contributed by atoms with Gasteiger partial charge in [-0.05, 0) is 72.5 Å². The molecule has 1 heterocycles. The molecule has 0 saturated carbocycles. The first kappa shape index (κ1) is 43.0. The van der Waals surface area contributed by atoms with Crippen LogP contribution in [0.2, 0.25) is 72.5 Å². The van der Waals surface area contributed by atoms with E-state index in [1.807, 2.05) is 0 Å². The van der Waals surface area contributed by atoms with E-state index in [4.69, 9.17) is 27.2 Å². The maximum Gasteiger partial charge on any atom is 0.225 e. The Labute approximate surface area is 280 Å². The first-order chi connectivity index (χ1) is 19.7. The Morgan fingerprint density at radius 1 is 0.489 bits per heavy atom. The van der Waals surface area contributed by atoms with E-state index in [1.165, 1.54) is 0 Å². The fourth-order valence-electron chi connectivity index (χ4n) is 4.04. The molecule has 0 aromatic rings. The van der Waals surface area contributed by atoms with Crippen LogP contribution in [0.5, 0.6) is 0 Å². The molecule has 1 fully saturated rings. The number of ether oxygens (including phenoxy) is 2. The van der Waals surface area contributed by atoms with Gasteiger partial charge in [0.15, 0.2) is 33.3 Å². The van der Waals surface area contributed by atoms with Gasteiger partial charge in [-0.1, -0.05) is 83.1 Å². The van der Waals surface area contributed by atoms with E-state index in [9.17, 15) is 9.59 Å². The Hall–Kier alpha value is -0.0325. The van der Waals surface area contributed by atoms with Crippen molar-refractivity contribution in [1.29, 1.82) is 0 Å². The molecule has 4 atom stereocenters. The second kappa shape index (κ2) is 14.1. The van der Waals surface area contributed by atoms with Crippen molar-refractivity contribution in [3.63, 3.8) is 0 Å². The first-order valence-corrected chi connectivity index (χ1v) is 28.3. The zero-order valence-electron chi connectivity index (χ0n) is 32.6. The Bertz CT molecular complexity index is 920. The molecule has 8 nitrogen and oxygen atoms in total. The van der Waals surface area contributed by atoms with Gasteiger partial charge in [0, 0.05) is 0 Å². The molecule has 12 heteroatoms. The average molecular weight is 707 g/mol. The summed E-state index contributed by atoms with van der Waals surface area (Å²) in [5.74, 6) is -1.63. The van der Waals surface area contributed by atoms with Crippen molar-refractivity contribution in [1.82, 2.24) is 0 Å². The molecule has 0 aromatic heterocycles. The molecule has 0 radical (unpaired) electrons. The fourth-order valence-corrected chi connectivity index (χ4v) is 9.03. The maximum atomic E-state index is 13.2. The summed E-state index contributed by atoms with van der Waals surface area (Å²) in [6.45, 7) is 43.3. The lowest BCUT2D eigenvalue weighted by Crippen LogP contribution is -2.70. The van der Waals surface area contributed by atoms with E-state index in [0.717, 1.165) is 12.6 Å². The van der Waals surface area contributed by atoms with Crippen molar-refractivity contribution in [3.8, 4) is 0 Å². The van der Waals surface area contributed by atoms with Gasteiger partial charge in [-0.15, -0.1) is 0 Å². The van der Waals surface area contributed by atoms with E-state index < -0.39 is 63.5 Å². The fraction of sp³-hybridized carbons (Fsp3) is 0.939. The molecule has 0 aliphatic carbocycles. The number of carbonyl (C=O) groups excluding carboxylic acids is 2. The van der Waals surface area contributed by atoms with E-state index in [2.05, 4.69) is 135 Å². The standard InChI is InChI=1S/C33H70O8Si4/c1-29(2,3)42(13,14)38-25(23-34)27(40-44(17,18)31(7,8)9)33(36-21-22-37-33)28(41-45(19,20)32(10,11)12)26(24-35)39-43(15,16)30(4,5)6/h23-28H,21-22H2,1-20H3/t25-,26-,27+,28+/m1/s1. The summed E-state index contributed by atoms with van der Waals surface area (Å²) in [5.41, 5.74) is 0. The summed E-state index contributed by atoms with van der Waals surface area (Å²) in [6.07, 6.45) is -2.40. The van der Waals surface area contributed by atoms with Gasteiger partial charge >= 0.3 is 0 Å². The lowest BCUT2D eigenvalue weighted by Gasteiger charge is -2.53. The highest BCUT2D eigenvalue weighted by molar-refractivity contribution is 6.75. The van der Waals surface area contributed by atoms with Gasteiger partial charge in [0.05, 0.1) is 13.2 Å². The van der Waals surface area contributed by atoms with Gasteiger partial charge in [-0.25, -0.2) is 0 Å². The van der Waals surface area contributed by atoms with Gasteiger partial charge < -0.3 is 36.8 Å². The number of hydrogen-bond acceptors (Lipinski definition) is 8. The molecule has 0 bridgehead atoms. The second-order valence-corrected chi connectivity index (χ2v) is 38.0. The van der Waals surface area contributed by atoms with Crippen molar-refractivity contribution in [2.45, 2.75) is 186 Å². The summed E-state index contributed by atoms with van der Waals surface area (Å²) in [5, 5.41) is -0.748. The van der Waals surface area contributed by atoms with Crippen molar-refractivity contribution in [2.75, 3.05) is 13.2 Å². The SMILES string of the molecule is CC(C)(C)[Si](C)(C)O[C@H](C=O)[C@H](O[Si](C)(C)C(C)(C)C)C1([C@@H](O[Si](C)(C)C(C)(C)C)[C@@H](C=O)O[Si](C)(C)C(C)(C)C)OCCO1. The minimum Gasteiger partial charge on any atom is -0.405 e. The average Bonchev–Trinajstić information content (AvgIpc) is 3.31. The minimum atomic E-state index is -2.59. The van der Waals surface area contributed by atoms with E-state index in [1.54, 1.807) is 0 Å². The van der Waals surface area contributed by atoms with Crippen LogP contribution in [0.25, 0.3) is 0 Å². The summed E-state index contributed by atoms with van der Waals surface area (Å²) in [7, 11) is -10.2. The highest BCUT2D eigenvalue weighted by Crippen LogP contribution is 2.48. The van der Waals surface area contributed by atoms with Gasteiger partial charge in [0.1, 0.15) is 37.0 Å². The van der Waals surface area contributed by atoms with Crippen LogP contribution < -0.4 is 0 Å². The maximum absolute atomic E-state index is 13.2. The van der Waals surface area contributed by atoms with Crippen LogP contribution in [0.3, 0.4) is 0 Å². The van der Waals surface area contributed by atoms with Crippen LogP contribution in [0.15, 0.2) is 0 Å². The molecule has 45 heavy (non-hydrogen) atoms. The van der Waals surface area contributed by atoms with Crippen LogP contribution in [-0.2, 0) is 36.8 Å². The number of carbonyl (C=O) groups is 2. The molecule has 0 N–H and O–H groups in total. The third-order valence-electron chi connectivity index (χ3n) is 11.3. The highest BCUT2D eigenvalue weighted by atomic mass is 28.4. The molecule has 0 unspecified atom stereocenters. The monoisotopic (exact) mass is 706 g/mol.